The van der Waals surface area contributed by atoms with E-state index in [9.17, 15) is 9.59 Å². The van der Waals surface area contributed by atoms with Gasteiger partial charge in [-0.05, 0) is 36.4 Å². The molecule has 0 radical (unpaired) electrons. The van der Waals surface area contributed by atoms with Crippen molar-refractivity contribution in [2.24, 2.45) is 17.1 Å². The van der Waals surface area contributed by atoms with Gasteiger partial charge in [-0.1, -0.05) is 20.8 Å². The van der Waals surface area contributed by atoms with E-state index >= 15 is 0 Å². The molecule has 1 fully saturated rings. The number of nitrogens with two attached hydrogens (primary N) is 1. The van der Waals surface area contributed by atoms with Crippen LogP contribution in [-0.4, -0.2) is 56.6 Å². The van der Waals surface area contributed by atoms with Gasteiger partial charge in [0, 0.05) is 24.7 Å². The van der Waals surface area contributed by atoms with E-state index in [4.69, 9.17) is 15.2 Å². The molecular formula is C20H32ClN3O4. The number of nitrogens with zero attached hydrogens (tertiary/aromatic N) is 1. The maximum atomic E-state index is 13.0. The maximum Gasteiger partial charge on any atom is 0.252 e. The van der Waals surface area contributed by atoms with Crippen molar-refractivity contribution in [1.82, 2.24) is 10.2 Å². The van der Waals surface area contributed by atoms with Crippen LogP contribution in [0.4, 0.5) is 0 Å². The Morgan fingerprint density at radius 3 is 2.21 bits per heavy atom. The van der Waals surface area contributed by atoms with Gasteiger partial charge in [-0.2, -0.15) is 0 Å². The molecule has 0 bridgehead atoms. The number of benzene rings is 1. The second-order valence-electron chi connectivity index (χ2n) is 7.82. The van der Waals surface area contributed by atoms with Gasteiger partial charge in [-0.3, -0.25) is 9.59 Å². The predicted octanol–water partition coefficient (Wildman–Crippen LogP) is 2.08. The van der Waals surface area contributed by atoms with Gasteiger partial charge in [0.25, 0.3) is 5.91 Å². The van der Waals surface area contributed by atoms with Crippen molar-refractivity contribution in [3.63, 3.8) is 0 Å². The number of nitrogens with one attached hydrogen (secondary N) is 1. The molecule has 1 aromatic carbocycles. The molecule has 0 saturated carbocycles. The van der Waals surface area contributed by atoms with Crippen molar-refractivity contribution >= 4 is 24.2 Å². The maximum absolute atomic E-state index is 13.0. The summed E-state index contributed by atoms with van der Waals surface area (Å²) in [6, 6.07) is 4.34. The van der Waals surface area contributed by atoms with Crippen molar-refractivity contribution < 1.29 is 19.1 Å². The SMILES string of the molecule is COc1cc(OC)cc(C(=O)NC(C(=O)N2CCC(C)(CN)C2)C(C)C)c1.Cl. The summed E-state index contributed by atoms with van der Waals surface area (Å²) in [5.74, 6) is 0.597. The van der Waals surface area contributed by atoms with Crippen molar-refractivity contribution in [2.75, 3.05) is 33.9 Å². The lowest BCUT2D eigenvalue weighted by molar-refractivity contribution is -0.133. The van der Waals surface area contributed by atoms with Crippen LogP contribution in [0.5, 0.6) is 11.5 Å². The number of methoxy groups -OCH3 is 2. The summed E-state index contributed by atoms with van der Waals surface area (Å²) >= 11 is 0. The summed E-state index contributed by atoms with van der Waals surface area (Å²) < 4.78 is 10.4. The van der Waals surface area contributed by atoms with Gasteiger partial charge >= 0.3 is 0 Å². The van der Waals surface area contributed by atoms with Crippen molar-refractivity contribution in [3.05, 3.63) is 23.8 Å². The van der Waals surface area contributed by atoms with Crippen LogP contribution in [-0.2, 0) is 4.79 Å². The van der Waals surface area contributed by atoms with E-state index in [1.54, 1.807) is 18.2 Å². The zero-order valence-corrected chi connectivity index (χ0v) is 18.1. The van der Waals surface area contributed by atoms with Crippen LogP contribution in [0.1, 0.15) is 37.6 Å². The lowest BCUT2D eigenvalue weighted by atomic mass is 9.90. The molecule has 1 aromatic rings. The first-order chi connectivity index (χ1) is 12.7. The third-order valence-electron chi connectivity index (χ3n) is 5.20. The monoisotopic (exact) mass is 413 g/mol. The highest BCUT2D eigenvalue weighted by Gasteiger charge is 2.38. The Labute approximate surface area is 173 Å². The molecular weight excluding hydrogens is 382 g/mol. The normalized spacial score (nSPS) is 19.8. The number of likely N-dealkylation sites (tertiary alicyclic amines) is 1. The summed E-state index contributed by atoms with van der Waals surface area (Å²) in [5, 5.41) is 2.88. The molecule has 1 heterocycles. The van der Waals surface area contributed by atoms with Crippen LogP contribution in [0.2, 0.25) is 0 Å². The highest BCUT2D eigenvalue weighted by atomic mass is 35.5. The fourth-order valence-corrected chi connectivity index (χ4v) is 3.25. The quantitative estimate of drug-likeness (QED) is 0.713. The Balaban J connectivity index is 0.00000392. The summed E-state index contributed by atoms with van der Waals surface area (Å²) in [5.41, 5.74) is 6.18. The van der Waals surface area contributed by atoms with E-state index in [-0.39, 0.29) is 35.6 Å². The Morgan fingerprint density at radius 1 is 1.21 bits per heavy atom. The van der Waals surface area contributed by atoms with Crippen LogP contribution < -0.4 is 20.5 Å². The number of carbonyl (C=O) groups excluding carboxylic acids is 2. The largest absolute Gasteiger partial charge is 0.497 e. The summed E-state index contributed by atoms with van der Waals surface area (Å²) in [6.07, 6.45) is 0.876. The fraction of sp³-hybridized carbons (Fsp3) is 0.600. The molecule has 1 aliphatic rings. The van der Waals surface area contributed by atoms with Gasteiger partial charge in [0.1, 0.15) is 17.5 Å². The van der Waals surface area contributed by atoms with Crippen molar-refractivity contribution in [1.29, 1.82) is 0 Å². The van der Waals surface area contributed by atoms with Crippen molar-refractivity contribution in [2.45, 2.75) is 33.2 Å². The van der Waals surface area contributed by atoms with E-state index in [2.05, 4.69) is 12.2 Å². The summed E-state index contributed by atoms with van der Waals surface area (Å²) in [6.45, 7) is 7.76. The van der Waals surface area contributed by atoms with Crippen LogP contribution >= 0.6 is 12.4 Å². The average Bonchev–Trinajstić information content (AvgIpc) is 3.07. The van der Waals surface area contributed by atoms with Crippen LogP contribution in [0.15, 0.2) is 18.2 Å². The molecule has 1 saturated heterocycles. The molecule has 2 amide bonds. The minimum absolute atomic E-state index is 0. The first-order valence-electron chi connectivity index (χ1n) is 9.26. The number of amides is 2. The first kappa shape index (κ1) is 24.0. The summed E-state index contributed by atoms with van der Waals surface area (Å²) in [4.78, 5) is 27.6. The number of ether oxygens (including phenoxy) is 2. The number of hydrogen-bond donors (Lipinski definition) is 2. The van der Waals surface area contributed by atoms with Gasteiger partial charge in [0.2, 0.25) is 5.91 Å². The highest BCUT2D eigenvalue weighted by molar-refractivity contribution is 5.98. The van der Waals surface area contributed by atoms with E-state index in [0.29, 0.717) is 36.7 Å². The lowest BCUT2D eigenvalue weighted by Crippen LogP contribution is -2.51. The van der Waals surface area contributed by atoms with E-state index in [1.807, 2.05) is 18.7 Å². The Bertz CT molecular complexity index is 676. The van der Waals surface area contributed by atoms with Gasteiger partial charge in [0.05, 0.1) is 14.2 Å². The molecule has 3 N–H and O–H groups in total. The third-order valence-corrected chi connectivity index (χ3v) is 5.20. The minimum atomic E-state index is -0.602. The molecule has 158 valence electrons. The molecule has 1 aliphatic heterocycles. The molecule has 0 spiro atoms. The average molecular weight is 414 g/mol. The molecule has 28 heavy (non-hydrogen) atoms. The number of hydrogen-bond acceptors (Lipinski definition) is 5. The zero-order valence-electron chi connectivity index (χ0n) is 17.3. The van der Waals surface area contributed by atoms with Crippen LogP contribution in [0.3, 0.4) is 0 Å². The highest BCUT2D eigenvalue weighted by Crippen LogP contribution is 2.29. The number of rotatable bonds is 7. The zero-order chi connectivity index (χ0) is 20.2. The Morgan fingerprint density at radius 2 is 1.79 bits per heavy atom. The molecule has 7 nitrogen and oxygen atoms in total. The van der Waals surface area contributed by atoms with Crippen LogP contribution in [0.25, 0.3) is 0 Å². The second kappa shape index (κ2) is 9.98. The molecule has 2 unspecified atom stereocenters. The van der Waals surface area contributed by atoms with Crippen molar-refractivity contribution in [3.8, 4) is 11.5 Å². The Hall–Kier alpha value is -1.99. The van der Waals surface area contributed by atoms with Gasteiger partial charge < -0.3 is 25.4 Å². The molecule has 0 aliphatic carbocycles. The summed E-state index contributed by atoms with van der Waals surface area (Å²) in [7, 11) is 3.05. The van der Waals surface area contributed by atoms with E-state index in [1.165, 1.54) is 14.2 Å². The standard InChI is InChI=1S/C20H31N3O4.ClH/c1-13(2)17(19(25)23-7-6-20(3,11-21)12-23)22-18(24)14-8-15(26-4)10-16(9-14)27-5;/h8-10,13,17H,6-7,11-12,21H2,1-5H3,(H,22,24);1H. The second-order valence-corrected chi connectivity index (χ2v) is 7.82. The van der Waals surface area contributed by atoms with Gasteiger partial charge in [-0.25, -0.2) is 0 Å². The fourth-order valence-electron chi connectivity index (χ4n) is 3.25. The topological polar surface area (TPSA) is 93.9 Å². The third kappa shape index (κ3) is 5.52. The van der Waals surface area contributed by atoms with E-state index in [0.717, 1.165) is 6.42 Å². The molecule has 8 heteroatoms. The van der Waals surface area contributed by atoms with Gasteiger partial charge in [-0.15, -0.1) is 12.4 Å². The molecule has 0 aromatic heterocycles. The van der Waals surface area contributed by atoms with E-state index < -0.39 is 6.04 Å². The minimum Gasteiger partial charge on any atom is -0.497 e. The number of carbonyl (C=O) groups is 2. The first-order valence-corrected chi connectivity index (χ1v) is 9.26. The molecule has 2 atom stereocenters. The molecule has 2 rings (SSSR count). The lowest BCUT2D eigenvalue weighted by Gasteiger charge is -2.28. The Kier molecular flexibility index (Phi) is 8.57. The van der Waals surface area contributed by atoms with Crippen LogP contribution in [0, 0.1) is 11.3 Å². The smallest absolute Gasteiger partial charge is 0.252 e. The predicted molar refractivity (Wildman–Crippen MR) is 111 cm³/mol. The number of halogens is 1. The van der Waals surface area contributed by atoms with Gasteiger partial charge in [0.15, 0.2) is 0 Å².